The van der Waals surface area contributed by atoms with Gasteiger partial charge in [0.05, 0.1) is 0 Å². The average molecular weight is 302 g/mol. The fourth-order valence-corrected chi connectivity index (χ4v) is 3.13. The van der Waals surface area contributed by atoms with Gasteiger partial charge in [0.1, 0.15) is 0 Å². The monoisotopic (exact) mass is 300 g/mol. The molecule has 0 spiro atoms. The molecular formula is C14H18BrCl. The van der Waals surface area contributed by atoms with E-state index in [1.807, 2.05) is 0 Å². The maximum Gasteiger partial charge on any atom is 0.0367 e. The minimum Gasteiger partial charge on any atom is -0.123 e. The van der Waals surface area contributed by atoms with Crippen molar-refractivity contribution in [1.82, 2.24) is 0 Å². The number of halogens is 2. The molecule has 1 aromatic carbocycles. The standard InChI is InChI=1S/C14H18BrCl/c15-13-8-6-11(7-9-13)10-12-4-2-1-3-5-14(12)16/h6-9,12,14H,1-5,10H2. The molecule has 0 nitrogen and oxygen atoms in total. The zero-order valence-electron chi connectivity index (χ0n) is 9.46. The van der Waals surface area contributed by atoms with Crippen LogP contribution in [0.3, 0.4) is 0 Å². The molecule has 2 unspecified atom stereocenters. The van der Waals surface area contributed by atoms with Crippen LogP contribution in [0.15, 0.2) is 28.7 Å². The predicted octanol–water partition coefficient (Wildman–Crippen LogP) is 5.18. The summed E-state index contributed by atoms with van der Waals surface area (Å²) in [6.07, 6.45) is 7.66. The van der Waals surface area contributed by atoms with Crippen LogP contribution in [0.5, 0.6) is 0 Å². The minimum atomic E-state index is 0.381. The van der Waals surface area contributed by atoms with Crippen molar-refractivity contribution in [3.63, 3.8) is 0 Å². The summed E-state index contributed by atoms with van der Waals surface area (Å²) in [4.78, 5) is 0. The fourth-order valence-electron chi connectivity index (χ4n) is 2.49. The number of benzene rings is 1. The summed E-state index contributed by atoms with van der Waals surface area (Å²) in [6, 6.07) is 8.65. The minimum absolute atomic E-state index is 0.381. The predicted molar refractivity (Wildman–Crippen MR) is 74.1 cm³/mol. The van der Waals surface area contributed by atoms with E-state index in [0.717, 1.165) is 10.9 Å². The lowest BCUT2D eigenvalue weighted by Gasteiger charge is -2.19. The quantitative estimate of drug-likeness (QED) is 0.521. The van der Waals surface area contributed by atoms with Crippen molar-refractivity contribution in [3.8, 4) is 0 Å². The Bertz CT molecular complexity index is 320. The van der Waals surface area contributed by atoms with Gasteiger partial charge in [-0.25, -0.2) is 0 Å². The van der Waals surface area contributed by atoms with Crippen molar-refractivity contribution >= 4 is 27.5 Å². The highest BCUT2D eigenvalue weighted by Crippen LogP contribution is 2.30. The van der Waals surface area contributed by atoms with Crippen molar-refractivity contribution < 1.29 is 0 Å². The summed E-state index contributed by atoms with van der Waals surface area (Å²) in [6.45, 7) is 0. The fraction of sp³-hybridized carbons (Fsp3) is 0.571. The summed E-state index contributed by atoms with van der Waals surface area (Å²) in [5.74, 6) is 0.672. The van der Waals surface area contributed by atoms with Gasteiger partial charge in [-0.1, -0.05) is 47.3 Å². The summed E-state index contributed by atoms with van der Waals surface area (Å²) in [5.41, 5.74) is 1.42. The van der Waals surface area contributed by atoms with Gasteiger partial charge in [0.25, 0.3) is 0 Å². The van der Waals surface area contributed by atoms with Gasteiger partial charge in [-0.2, -0.15) is 0 Å². The Morgan fingerprint density at radius 1 is 1.06 bits per heavy atom. The van der Waals surface area contributed by atoms with Gasteiger partial charge in [-0.15, -0.1) is 11.6 Å². The van der Waals surface area contributed by atoms with Crippen LogP contribution in [0.25, 0.3) is 0 Å². The molecule has 0 saturated heterocycles. The summed E-state index contributed by atoms with van der Waals surface area (Å²) in [5, 5.41) is 0.381. The first-order valence-corrected chi connectivity index (χ1v) is 7.37. The van der Waals surface area contributed by atoms with E-state index in [2.05, 4.69) is 40.2 Å². The van der Waals surface area contributed by atoms with Crippen molar-refractivity contribution in [1.29, 1.82) is 0 Å². The highest BCUT2D eigenvalue weighted by Gasteiger charge is 2.21. The van der Waals surface area contributed by atoms with Crippen LogP contribution in [0.4, 0.5) is 0 Å². The lowest BCUT2D eigenvalue weighted by Crippen LogP contribution is -2.15. The largest absolute Gasteiger partial charge is 0.123 e. The Hall–Kier alpha value is -0.0100. The highest BCUT2D eigenvalue weighted by atomic mass is 79.9. The SMILES string of the molecule is ClC1CCCCCC1Cc1ccc(Br)cc1. The smallest absolute Gasteiger partial charge is 0.0367 e. The van der Waals surface area contributed by atoms with Crippen molar-refractivity contribution in [2.75, 3.05) is 0 Å². The normalized spacial score (nSPS) is 26.4. The molecule has 2 atom stereocenters. The molecule has 88 valence electrons. The zero-order chi connectivity index (χ0) is 11.4. The van der Waals surface area contributed by atoms with Gasteiger partial charge in [-0.3, -0.25) is 0 Å². The Kier molecular flexibility index (Phi) is 4.72. The lowest BCUT2D eigenvalue weighted by molar-refractivity contribution is 0.465. The molecular weight excluding hydrogens is 284 g/mol. The molecule has 1 aromatic rings. The van der Waals surface area contributed by atoms with Gasteiger partial charge in [-0.05, 0) is 42.9 Å². The Labute approximate surface area is 112 Å². The van der Waals surface area contributed by atoms with Crippen LogP contribution >= 0.6 is 27.5 Å². The molecule has 0 radical (unpaired) electrons. The van der Waals surface area contributed by atoms with Crippen LogP contribution < -0.4 is 0 Å². The molecule has 0 aromatic heterocycles. The molecule has 0 heterocycles. The summed E-state index contributed by atoms with van der Waals surface area (Å²) in [7, 11) is 0. The van der Waals surface area contributed by atoms with E-state index < -0.39 is 0 Å². The molecule has 1 aliphatic carbocycles. The molecule has 16 heavy (non-hydrogen) atoms. The third-order valence-electron chi connectivity index (χ3n) is 3.48. The molecule has 2 heteroatoms. The van der Waals surface area contributed by atoms with Gasteiger partial charge in [0.2, 0.25) is 0 Å². The summed E-state index contributed by atoms with van der Waals surface area (Å²) < 4.78 is 1.15. The van der Waals surface area contributed by atoms with Crippen molar-refractivity contribution in [3.05, 3.63) is 34.3 Å². The first kappa shape index (κ1) is 12.4. The second-order valence-corrected chi connectivity index (χ2v) is 6.22. The molecule has 0 N–H and O–H groups in total. The Balaban J connectivity index is 1.99. The third-order valence-corrected chi connectivity index (χ3v) is 4.58. The molecule has 0 bridgehead atoms. The maximum absolute atomic E-state index is 6.46. The highest BCUT2D eigenvalue weighted by molar-refractivity contribution is 9.10. The Morgan fingerprint density at radius 3 is 2.50 bits per heavy atom. The summed E-state index contributed by atoms with van der Waals surface area (Å²) >= 11 is 9.93. The molecule has 2 rings (SSSR count). The van der Waals surface area contributed by atoms with E-state index in [-0.39, 0.29) is 0 Å². The van der Waals surface area contributed by atoms with E-state index >= 15 is 0 Å². The second-order valence-electron chi connectivity index (χ2n) is 4.74. The van der Waals surface area contributed by atoms with Gasteiger partial charge in [0.15, 0.2) is 0 Å². The molecule has 1 saturated carbocycles. The van der Waals surface area contributed by atoms with Crippen LogP contribution in [0, 0.1) is 5.92 Å². The molecule has 1 fully saturated rings. The van der Waals surface area contributed by atoms with E-state index in [0.29, 0.717) is 11.3 Å². The third kappa shape index (κ3) is 3.49. The topological polar surface area (TPSA) is 0 Å². The average Bonchev–Trinajstić information content (AvgIpc) is 2.48. The van der Waals surface area contributed by atoms with Crippen molar-refractivity contribution in [2.45, 2.75) is 43.9 Å². The molecule has 0 amide bonds. The van der Waals surface area contributed by atoms with Crippen LogP contribution in [-0.4, -0.2) is 5.38 Å². The van der Waals surface area contributed by atoms with E-state index in [1.165, 1.54) is 37.7 Å². The van der Waals surface area contributed by atoms with Crippen LogP contribution in [0.1, 0.15) is 37.7 Å². The van der Waals surface area contributed by atoms with Crippen LogP contribution in [0.2, 0.25) is 0 Å². The molecule has 1 aliphatic rings. The number of rotatable bonds is 2. The maximum atomic E-state index is 6.46. The second kappa shape index (κ2) is 6.07. The number of hydrogen-bond donors (Lipinski definition) is 0. The van der Waals surface area contributed by atoms with Gasteiger partial charge < -0.3 is 0 Å². The van der Waals surface area contributed by atoms with E-state index in [9.17, 15) is 0 Å². The van der Waals surface area contributed by atoms with Crippen molar-refractivity contribution in [2.24, 2.45) is 5.92 Å². The Morgan fingerprint density at radius 2 is 1.75 bits per heavy atom. The van der Waals surface area contributed by atoms with Gasteiger partial charge in [0, 0.05) is 9.85 Å². The number of alkyl halides is 1. The van der Waals surface area contributed by atoms with E-state index in [4.69, 9.17) is 11.6 Å². The first-order valence-electron chi connectivity index (χ1n) is 6.14. The zero-order valence-corrected chi connectivity index (χ0v) is 11.8. The number of hydrogen-bond acceptors (Lipinski definition) is 0. The lowest BCUT2D eigenvalue weighted by atomic mass is 9.92. The van der Waals surface area contributed by atoms with Crippen LogP contribution in [-0.2, 0) is 6.42 Å². The molecule has 0 aliphatic heterocycles. The first-order chi connectivity index (χ1) is 7.75. The van der Waals surface area contributed by atoms with E-state index in [1.54, 1.807) is 0 Å². The van der Waals surface area contributed by atoms with Gasteiger partial charge >= 0.3 is 0 Å².